The quantitative estimate of drug-likeness (QED) is 0.711. The number of amides is 1. The van der Waals surface area contributed by atoms with Crippen molar-refractivity contribution in [1.82, 2.24) is 20.2 Å². The lowest BCUT2D eigenvalue weighted by Gasteiger charge is -2.07. The summed E-state index contributed by atoms with van der Waals surface area (Å²) in [5.74, 6) is 0.437. The number of aromatic nitrogens is 4. The van der Waals surface area contributed by atoms with Crippen molar-refractivity contribution in [2.24, 2.45) is 0 Å². The van der Waals surface area contributed by atoms with E-state index >= 15 is 0 Å². The zero-order chi connectivity index (χ0) is 17.6. The third-order valence-electron chi connectivity index (χ3n) is 3.35. The van der Waals surface area contributed by atoms with E-state index in [4.69, 9.17) is 0 Å². The average molecular weight is 350 g/mol. The fraction of sp³-hybridized carbons (Fsp3) is 0.118. The standard InChI is InChI=1S/C17H14N6OS/c1-12(24)19-15-7-4-8-16(9-15)23-17(20-21-22-23)25-11-14-6-3-2-5-13(14)10-18/h2-9H,11H2,1H3,(H,19,24). The fourth-order valence-electron chi connectivity index (χ4n) is 2.25. The molecule has 0 aliphatic carbocycles. The Kier molecular flexibility index (Phi) is 5.06. The van der Waals surface area contributed by atoms with Crippen molar-refractivity contribution in [2.75, 3.05) is 5.32 Å². The highest BCUT2D eigenvalue weighted by Crippen LogP contribution is 2.24. The molecule has 0 unspecified atom stereocenters. The maximum absolute atomic E-state index is 11.2. The van der Waals surface area contributed by atoms with Crippen LogP contribution in [0.5, 0.6) is 0 Å². The number of hydrogen-bond acceptors (Lipinski definition) is 6. The number of tetrazole rings is 1. The van der Waals surface area contributed by atoms with Crippen molar-refractivity contribution in [1.29, 1.82) is 5.26 Å². The molecule has 124 valence electrons. The Morgan fingerprint density at radius 2 is 2.12 bits per heavy atom. The highest BCUT2D eigenvalue weighted by Gasteiger charge is 2.11. The van der Waals surface area contributed by atoms with Gasteiger partial charge in [-0.05, 0) is 40.3 Å². The van der Waals surface area contributed by atoms with E-state index in [-0.39, 0.29) is 5.91 Å². The van der Waals surface area contributed by atoms with E-state index in [1.807, 2.05) is 30.3 Å². The topological polar surface area (TPSA) is 96.5 Å². The second kappa shape index (κ2) is 7.59. The maximum atomic E-state index is 11.2. The summed E-state index contributed by atoms with van der Waals surface area (Å²) in [7, 11) is 0. The molecule has 1 N–H and O–H groups in total. The van der Waals surface area contributed by atoms with Crippen molar-refractivity contribution < 1.29 is 4.79 Å². The van der Waals surface area contributed by atoms with Gasteiger partial charge in [0.05, 0.1) is 17.3 Å². The van der Waals surface area contributed by atoms with E-state index in [2.05, 4.69) is 26.9 Å². The fourth-order valence-corrected chi connectivity index (χ4v) is 3.14. The van der Waals surface area contributed by atoms with Crippen molar-refractivity contribution in [3.63, 3.8) is 0 Å². The van der Waals surface area contributed by atoms with Crippen molar-refractivity contribution in [3.05, 3.63) is 59.7 Å². The molecule has 0 atom stereocenters. The summed E-state index contributed by atoms with van der Waals surface area (Å²) in [6, 6.07) is 16.9. The highest BCUT2D eigenvalue weighted by atomic mass is 32.2. The zero-order valence-electron chi connectivity index (χ0n) is 13.4. The lowest BCUT2D eigenvalue weighted by Crippen LogP contribution is -2.07. The average Bonchev–Trinajstić information content (AvgIpc) is 3.08. The van der Waals surface area contributed by atoms with E-state index in [0.717, 1.165) is 11.3 Å². The molecular formula is C17H14N6OS. The van der Waals surface area contributed by atoms with E-state index in [1.165, 1.54) is 18.7 Å². The molecule has 1 amide bonds. The molecule has 0 aliphatic rings. The Morgan fingerprint density at radius 3 is 2.92 bits per heavy atom. The van der Waals surface area contributed by atoms with Crippen LogP contribution < -0.4 is 5.32 Å². The van der Waals surface area contributed by atoms with Gasteiger partial charge in [0.2, 0.25) is 11.1 Å². The number of hydrogen-bond donors (Lipinski definition) is 1. The van der Waals surface area contributed by atoms with Crippen molar-refractivity contribution in [2.45, 2.75) is 17.8 Å². The van der Waals surface area contributed by atoms with Crippen LogP contribution in [0.15, 0.2) is 53.7 Å². The Labute approximate surface area is 148 Å². The van der Waals surface area contributed by atoms with Crippen LogP contribution in [0.3, 0.4) is 0 Å². The molecule has 0 saturated carbocycles. The minimum Gasteiger partial charge on any atom is -0.326 e. The van der Waals surface area contributed by atoms with Gasteiger partial charge in [-0.15, -0.1) is 5.10 Å². The van der Waals surface area contributed by atoms with Gasteiger partial charge in [0.25, 0.3) is 0 Å². The minimum absolute atomic E-state index is 0.142. The normalized spacial score (nSPS) is 10.2. The summed E-state index contributed by atoms with van der Waals surface area (Å²) in [5.41, 5.74) is 2.98. The van der Waals surface area contributed by atoms with E-state index < -0.39 is 0 Å². The molecule has 1 heterocycles. The highest BCUT2D eigenvalue weighted by molar-refractivity contribution is 7.98. The van der Waals surface area contributed by atoms with E-state index in [0.29, 0.717) is 22.2 Å². The molecule has 0 saturated heterocycles. The summed E-state index contributed by atoms with van der Waals surface area (Å²) >= 11 is 1.44. The Balaban J connectivity index is 1.81. The molecule has 0 fully saturated rings. The van der Waals surface area contributed by atoms with E-state index in [9.17, 15) is 10.1 Å². The van der Waals surface area contributed by atoms with Crippen LogP contribution in [-0.2, 0) is 10.5 Å². The number of nitrogens with zero attached hydrogens (tertiary/aromatic N) is 5. The number of rotatable bonds is 5. The van der Waals surface area contributed by atoms with Gasteiger partial charge in [-0.2, -0.15) is 9.94 Å². The Bertz CT molecular complexity index is 946. The predicted octanol–water partition coefficient (Wildman–Crippen LogP) is 2.78. The number of carbonyl (C=O) groups is 1. The lowest BCUT2D eigenvalue weighted by atomic mass is 10.1. The monoisotopic (exact) mass is 350 g/mol. The molecular weight excluding hydrogens is 336 g/mol. The first-order valence-corrected chi connectivity index (χ1v) is 8.43. The summed E-state index contributed by atoms with van der Waals surface area (Å²) in [4.78, 5) is 11.2. The van der Waals surface area contributed by atoms with Gasteiger partial charge in [0.15, 0.2) is 0 Å². The number of anilines is 1. The predicted molar refractivity (Wildman–Crippen MR) is 94.2 cm³/mol. The van der Waals surface area contributed by atoms with Crippen LogP contribution in [-0.4, -0.2) is 26.1 Å². The SMILES string of the molecule is CC(=O)Nc1cccc(-n2nnnc2SCc2ccccc2C#N)c1. The molecule has 7 nitrogen and oxygen atoms in total. The van der Waals surface area contributed by atoms with E-state index in [1.54, 1.807) is 22.9 Å². The summed E-state index contributed by atoms with van der Waals surface area (Å²) in [6.07, 6.45) is 0. The van der Waals surface area contributed by atoms with Gasteiger partial charge in [-0.25, -0.2) is 0 Å². The first kappa shape index (κ1) is 16.7. The van der Waals surface area contributed by atoms with Gasteiger partial charge >= 0.3 is 0 Å². The smallest absolute Gasteiger partial charge is 0.221 e. The van der Waals surface area contributed by atoms with Crippen molar-refractivity contribution >= 4 is 23.4 Å². The Hall–Kier alpha value is -3.18. The summed E-state index contributed by atoms with van der Waals surface area (Å²) in [5, 5.41) is 24.3. The molecule has 0 bridgehead atoms. The van der Waals surface area contributed by atoms with Crippen LogP contribution in [0.4, 0.5) is 5.69 Å². The van der Waals surface area contributed by atoms with Gasteiger partial charge in [-0.3, -0.25) is 4.79 Å². The largest absolute Gasteiger partial charge is 0.326 e. The number of thioether (sulfide) groups is 1. The first-order valence-electron chi connectivity index (χ1n) is 7.44. The molecule has 0 aliphatic heterocycles. The van der Waals surface area contributed by atoms with Gasteiger partial charge in [0.1, 0.15) is 0 Å². The number of benzene rings is 2. The second-order valence-corrected chi connectivity index (χ2v) is 6.10. The van der Waals surface area contributed by atoms with Crippen LogP contribution in [0, 0.1) is 11.3 Å². The zero-order valence-corrected chi connectivity index (χ0v) is 14.2. The minimum atomic E-state index is -0.142. The van der Waals surface area contributed by atoms with Gasteiger partial charge in [-0.1, -0.05) is 36.0 Å². The third kappa shape index (κ3) is 4.02. The summed E-state index contributed by atoms with van der Waals surface area (Å²) < 4.78 is 1.60. The molecule has 3 rings (SSSR count). The third-order valence-corrected chi connectivity index (χ3v) is 4.31. The molecule has 1 aromatic heterocycles. The van der Waals surface area contributed by atoms with Crippen LogP contribution in [0.25, 0.3) is 5.69 Å². The van der Waals surface area contributed by atoms with Crippen LogP contribution in [0.2, 0.25) is 0 Å². The first-order chi connectivity index (χ1) is 12.2. The molecule has 25 heavy (non-hydrogen) atoms. The molecule has 8 heteroatoms. The molecule has 0 radical (unpaired) electrons. The molecule has 0 spiro atoms. The molecule has 2 aromatic carbocycles. The van der Waals surface area contributed by atoms with Crippen molar-refractivity contribution in [3.8, 4) is 11.8 Å². The Morgan fingerprint density at radius 1 is 1.28 bits per heavy atom. The number of carbonyl (C=O) groups excluding carboxylic acids is 1. The molecule has 3 aromatic rings. The summed E-state index contributed by atoms with van der Waals surface area (Å²) in [6.45, 7) is 1.46. The van der Waals surface area contributed by atoms with Gasteiger partial charge in [0, 0.05) is 18.4 Å². The van der Waals surface area contributed by atoms with Gasteiger partial charge < -0.3 is 5.32 Å². The second-order valence-electron chi connectivity index (χ2n) is 5.16. The van der Waals surface area contributed by atoms with Crippen LogP contribution in [0.1, 0.15) is 18.1 Å². The maximum Gasteiger partial charge on any atom is 0.221 e. The number of nitrogens with one attached hydrogen (secondary N) is 1. The number of nitriles is 1. The van der Waals surface area contributed by atoms with Crippen LogP contribution >= 0.6 is 11.8 Å². The lowest BCUT2D eigenvalue weighted by molar-refractivity contribution is -0.114.